The van der Waals surface area contributed by atoms with E-state index >= 15 is 0 Å². The summed E-state index contributed by atoms with van der Waals surface area (Å²) >= 11 is 0. The molecular weight excluding hydrogens is 152 g/mol. The standard InChI is InChI=1S/C10H12O2/c11-9-7-2-1-3-8-6(7)4-5-10(8,9)12/h1,3,6-8,12H,2,4-5H2. The molecule has 3 aliphatic carbocycles. The van der Waals surface area contributed by atoms with Crippen LogP contribution >= 0.6 is 0 Å². The molecule has 0 aromatic carbocycles. The molecule has 0 amide bonds. The summed E-state index contributed by atoms with van der Waals surface area (Å²) in [4.78, 5) is 11.7. The number of carbonyl (C=O) groups excluding carboxylic acids is 1. The normalized spacial score (nSPS) is 55.1. The first-order chi connectivity index (χ1) is 5.73. The molecule has 0 spiro atoms. The smallest absolute Gasteiger partial charge is 0.168 e. The van der Waals surface area contributed by atoms with Crippen LogP contribution in [0.5, 0.6) is 0 Å². The Balaban J connectivity index is 2.16. The maximum absolute atomic E-state index is 11.7. The van der Waals surface area contributed by atoms with E-state index in [1.165, 1.54) is 0 Å². The van der Waals surface area contributed by atoms with Crippen LogP contribution in [0.4, 0.5) is 0 Å². The van der Waals surface area contributed by atoms with Crippen molar-refractivity contribution in [3.63, 3.8) is 0 Å². The minimum atomic E-state index is -0.956. The molecule has 0 heterocycles. The van der Waals surface area contributed by atoms with Crippen LogP contribution in [0.3, 0.4) is 0 Å². The number of aliphatic hydroxyl groups is 1. The predicted octanol–water partition coefficient (Wildman–Crippen LogP) is 0.902. The summed E-state index contributed by atoms with van der Waals surface area (Å²) in [5, 5.41) is 10.1. The second-order valence-corrected chi connectivity index (χ2v) is 4.29. The van der Waals surface area contributed by atoms with Gasteiger partial charge < -0.3 is 5.11 Å². The lowest BCUT2D eigenvalue weighted by Gasteiger charge is -2.22. The lowest BCUT2D eigenvalue weighted by molar-refractivity contribution is -0.138. The average Bonchev–Trinajstić information content (AvgIpc) is 2.47. The molecule has 2 fully saturated rings. The molecule has 0 aromatic rings. The number of ketones is 1. The lowest BCUT2D eigenvalue weighted by Crippen LogP contribution is -2.38. The van der Waals surface area contributed by atoms with Crippen molar-refractivity contribution in [3.8, 4) is 0 Å². The van der Waals surface area contributed by atoms with E-state index in [4.69, 9.17) is 0 Å². The molecule has 4 atom stereocenters. The third-order valence-electron chi connectivity index (χ3n) is 3.89. The van der Waals surface area contributed by atoms with Crippen LogP contribution in [-0.4, -0.2) is 16.5 Å². The molecule has 0 radical (unpaired) electrons. The fourth-order valence-electron chi connectivity index (χ4n) is 3.30. The Kier molecular flexibility index (Phi) is 1.04. The van der Waals surface area contributed by atoms with Gasteiger partial charge in [0.05, 0.1) is 0 Å². The minimum absolute atomic E-state index is 0.119. The highest BCUT2D eigenvalue weighted by molar-refractivity contribution is 5.94. The molecule has 0 saturated heterocycles. The van der Waals surface area contributed by atoms with E-state index in [1.54, 1.807) is 0 Å². The molecule has 64 valence electrons. The third kappa shape index (κ3) is 0.525. The average molecular weight is 164 g/mol. The highest BCUT2D eigenvalue weighted by atomic mass is 16.3. The molecule has 4 unspecified atom stereocenters. The van der Waals surface area contributed by atoms with Crippen molar-refractivity contribution < 1.29 is 9.90 Å². The van der Waals surface area contributed by atoms with Gasteiger partial charge in [-0.15, -0.1) is 0 Å². The van der Waals surface area contributed by atoms with Crippen LogP contribution in [0.25, 0.3) is 0 Å². The van der Waals surface area contributed by atoms with Crippen LogP contribution < -0.4 is 0 Å². The quantitative estimate of drug-likeness (QED) is 0.540. The zero-order chi connectivity index (χ0) is 8.34. The zero-order valence-corrected chi connectivity index (χ0v) is 6.86. The minimum Gasteiger partial charge on any atom is -0.381 e. The van der Waals surface area contributed by atoms with Gasteiger partial charge in [0.1, 0.15) is 5.60 Å². The summed E-state index contributed by atoms with van der Waals surface area (Å²) in [6, 6.07) is 0. The Morgan fingerprint density at radius 1 is 1.58 bits per heavy atom. The summed E-state index contributed by atoms with van der Waals surface area (Å²) in [5.74, 6) is 0.892. The van der Waals surface area contributed by atoms with Gasteiger partial charge in [0, 0.05) is 11.8 Å². The lowest BCUT2D eigenvalue weighted by atomic mass is 9.82. The topological polar surface area (TPSA) is 37.3 Å². The van der Waals surface area contributed by atoms with Gasteiger partial charge in [0.25, 0.3) is 0 Å². The molecule has 12 heavy (non-hydrogen) atoms. The molecule has 0 aromatic heterocycles. The second-order valence-electron chi connectivity index (χ2n) is 4.29. The Bertz CT molecular complexity index is 282. The fraction of sp³-hybridized carbons (Fsp3) is 0.700. The molecule has 0 aliphatic heterocycles. The summed E-state index contributed by atoms with van der Waals surface area (Å²) < 4.78 is 0. The molecule has 4 bridgehead atoms. The van der Waals surface area contributed by atoms with Crippen molar-refractivity contribution in [2.24, 2.45) is 17.8 Å². The van der Waals surface area contributed by atoms with Crippen molar-refractivity contribution in [3.05, 3.63) is 12.2 Å². The van der Waals surface area contributed by atoms with Crippen molar-refractivity contribution >= 4 is 5.78 Å². The highest BCUT2D eigenvalue weighted by Gasteiger charge is 2.63. The van der Waals surface area contributed by atoms with Crippen LogP contribution in [0.1, 0.15) is 19.3 Å². The zero-order valence-electron chi connectivity index (χ0n) is 6.86. The molecule has 3 rings (SSSR count). The summed E-state index contributed by atoms with van der Waals surface area (Å²) in [6.45, 7) is 0. The third-order valence-corrected chi connectivity index (χ3v) is 3.89. The number of hydrogen-bond donors (Lipinski definition) is 1. The highest BCUT2D eigenvalue weighted by Crippen LogP contribution is 2.56. The van der Waals surface area contributed by atoms with Crippen molar-refractivity contribution in [2.75, 3.05) is 0 Å². The monoisotopic (exact) mass is 164 g/mol. The van der Waals surface area contributed by atoms with Crippen LogP contribution in [0.15, 0.2) is 12.2 Å². The Morgan fingerprint density at radius 2 is 2.42 bits per heavy atom. The van der Waals surface area contributed by atoms with Gasteiger partial charge in [-0.25, -0.2) is 0 Å². The first-order valence-electron chi connectivity index (χ1n) is 4.67. The largest absolute Gasteiger partial charge is 0.381 e. The molecule has 2 heteroatoms. The van der Waals surface area contributed by atoms with Crippen molar-refractivity contribution in [1.29, 1.82) is 0 Å². The van der Waals surface area contributed by atoms with E-state index in [2.05, 4.69) is 12.2 Å². The summed E-state index contributed by atoms with van der Waals surface area (Å²) in [5.41, 5.74) is -0.956. The van der Waals surface area contributed by atoms with Crippen molar-refractivity contribution in [1.82, 2.24) is 0 Å². The van der Waals surface area contributed by atoms with Crippen molar-refractivity contribution in [2.45, 2.75) is 24.9 Å². The van der Waals surface area contributed by atoms with E-state index in [0.717, 1.165) is 12.8 Å². The first-order valence-corrected chi connectivity index (χ1v) is 4.67. The van der Waals surface area contributed by atoms with Gasteiger partial charge in [-0.1, -0.05) is 12.2 Å². The van der Waals surface area contributed by atoms with Crippen LogP contribution in [-0.2, 0) is 4.79 Å². The Morgan fingerprint density at radius 3 is 3.08 bits per heavy atom. The van der Waals surface area contributed by atoms with Gasteiger partial charge in [-0.3, -0.25) is 4.79 Å². The fourth-order valence-corrected chi connectivity index (χ4v) is 3.30. The number of carbonyl (C=O) groups is 1. The number of allylic oxidation sites excluding steroid dienone is 1. The first kappa shape index (κ1) is 6.84. The van der Waals surface area contributed by atoms with E-state index in [0.29, 0.717) is 12.3 Å². The van der Waals surface area contributed by atoms with E-state index in [9.17, 15) is 9.90 Å². The van der Waals surface area contributed by atoms with E-state index < -0.39 is 5.60 Å². The van der Waals surface area contributed by atoms with Gasteiger partial charge in [-0.05, 0) is 25.2 Å². The molecule has 1 N–H and O–H groups in total. The maximum Gasteiger partial charge on any atom is 0.168 e. The molecule has 2 nitrogen and oxygen atoms in total. The second kappa shape index (κ2) is 1.82. The number of hydrogen-bond acceptors (Lipinski definition) is 2. The summed E-state index contributed by atoms with van der Waals surface area (Å²) in [6.07, 6.45) is 6.72. The SMILES string of the molecule is O=C1C2CC=CC3C2CCC13O. The van der Waals surface area contributed by atoms with Gasteiger partial charge in [0.15, 0.2) is 5.78 Å². The molecule has 3 aliphatic rings. The molecular formula is C10H12O2. The molecule has 2 saturated carbocycles. The summed E-state index contributed by atoms with van der Waals surface area (Å²) in [7, 11) is 0. The van der Waals surface area contributed by atoms with Gasteiger partial charge in [0.2, 0.25) is 0 Å². The Hall–Kier alpha value is -0.630. The van der Waals surface area contributed by atoms with E-state index in [1.807, 2.05) is 0 Å². The van der Waals surface area contributed by atoms with Crippen LogP contribution in [0, 0.1) is 17.8 Å². The number of Topliss-reactive ketones (excluding diaryl/α,β-unsaturated/α-hetero) is 1. The predicted molar refractivity (Wildman–Crippen MR) is 43.4 cm³/mol. The van der Waals surface area contributed by atoms with Gasteiger partial charge >= 0.3 is 0 Å². The Labute approximate surface area is 71.3 Å². The van der Waals surface area contributed by atoms with Gasteiger partial charge in [-0.2, -0.15) is 0 Å². The maximum atomic E-state index is 11.7. The number of rotatable bonds is 0. The van der Waals surface area contributed by atoms with E-state index in [-0.39, 0.29) is 17.6 Å². The van der Waals surface area contributed by atoms with Crippen LogP contribution in [0.2, 0.25) is 0 Å².